The van der Waals surface area contributed by atoms with Crippen LogP contribution in [0.25, 0.3) is 11.0 Å². The maximum Gasteiger partial charge on any atom is 0.449 e. The third-order valence-electron chi connectivity index (χ3n) is 4.77. The van der Waals surface area contributed by atoms with Crippen LogP contribution in [-0.2, 0) is 6.18 Å². The summed E-state index contributed by atoms with van der Waals surface area (Å²) in [5, 5.41) is 3.11. The van der Waals surface area contributed by atoms with Crippen LogP contribution in [0.4, 0.5) is 13.2 Å². The number of halogens is 5. The third-order valence-corrected chi connectivity index (χ3v) is 4.77. The molecule has 2 heterocycles. The van der Waals surface area contributed by atoms with Gasteiger partial charge in [-0.3, -0.25) is 4.79 Å². The Morgan fingerprint density at radius 3 is 2.57 bits per heavy atom. The van der Waals surface area contributed by atoms with E-state index in [1.54, 1.807) is 30.9 Å². The van der Waals surface area contributed by atoms with Gasteiger partial charge in [0.15, 0.2) is 0 Å². The second-order valence-corrected chi connectivity index (χ2v) is 7.06. The number of alkyl halides is 3. The van der Waals surface area contributed by atoms with E-state index in [2.05, 4.69) is 10.3 Å². The molecule has 1 aromatic heterocycles. The van der Waals surface area contributed by atoms with Gasteiger partial charge in [0.1, 0.15) is 0 Å². The van der Waals surface area contributed by atoms with Crippen molar-refractivity contribution in [3.63, 3.8) is 0 Å². The molecule has 3 rings (SSSR count). The van der Waals surface area contributed by atoms with Crippen molar-refractivity contribution >= 4 is 41.8 Å². The molecule has 1 atom stereocenters. The van der Waals surface area contributed by atoms with Crippen molar-refractivity contribution in [3.05, 3.63) is 29.6 Å². The van der Waals surface area contributed by atoms with Crippen LogP contribution < -0.4 is 5.32 Å². The highest BCUT2D eigenvalue weighted by atomic mass is 35.5. The Balaban J connectivity index is 0.00000196. The largest absolute Gasteiger partial charge is 0.449 e. The second kappa shape index (κ2) is 9.33. The first kappa shape index (κ1) is 24.5. The number of carbonyl (C=O) groups is 1. The van der Waals surface area contributed by atoms with Crippen LogP contribution in [0.1, 0.15) is 42.5 Å². The topological polar surface area (TPSA) is 50.2 Å². The van der Waals surface area contributed by atoms with Gasteiger partial charge in [-0.05, 0) is 58.0 Å². The van der Waals surface area contributed by atoms with E-state index in [0.717, 1.165) is 13.0 Å². The average Bonchev–Trinajstić information content (AvgIpc) is 3.17. The summed E-state index contributed by atoms with van der Waals surface area (Å²) in [6.45, 7) is 5.53. The number of carbonyl (C=O) groups excluding carboxylic acids is 1. The van der Waals surface area contributed by atoms with Gasteiger partial charge in [0.05, 0.1) is 11.0 Å². The van der Waals surface area contributed by atoms with Crippen LogP contribution in [-0.4, -0.2) is 47.0 Å². The number of imidazole rings is 1. The summed E-state index contributed by atoms with van der Waals surface area (Å²) >= 11 is 0. The van der Waals surface area contributed by atoms with Gasteiger partial charge in [0, 0.05) is 24.7 Å². The molecular formula is C18H25Cl2F3N4O. The molecule has 0 saturated carbocycles. The molecule has 10 heteroatoms. The van der Waals surface area contributed by atoms with Crippen molar-refractivity contribution in [1.29, 1.82) is 0 Å². The summed E-state index contributed by atoms with van der Waals surface area (Å²) in [6, 6.07) is 4.24. The molecule has 1 N–H and O–H groups in total. The lowest BCUT2D eigenvalue weighted by Gasteiger charge is -2.17. The Labute approximate surface area is 174 Å². The number of amides is 1. The standard InChI is InChI=1S/C18H23F3N4O.2ClH/c1-11(2)25-15-5-4-13(8-14(15)23-17(25)18(19,20)21)16(26)24-7-6-12(10-24)9-22-3;;/h4-5,8,11-12,22H,6-7,9-10H2,1-3H3;2*1H. The number of aromatic nitrogens is 2. The van der Waals surface area contributed by atoms with E-state index >= 15 is 0 Å². The molecule has 1 aliphatic heterocycles. The van der Waals surface area contributed by atoms with E-state index in [1.165, 1.54) is 10.6 Å². The molecule has 1 aliphatic rings. The smallest absolute Gasteiger partial charge is 0.338 e. The molecule has 158 valence electrons. The monoisotopic (exact) mass is 440 g/mol. The van der Waals surface area contributed by atoms with Gasteiger partial charge in [0.25, 0.3) is 5.91 Å². The number of nitrogens with zero attached hydrogens (tertiary/aromatic N) is 3. The molecule has 28 heavy (non-hydrogen) atoms. The molecular weight excluding hydrogens is 416 g/mol. The molecule has 0 bridgehead atoms. The minimum atomic E-state index is -4.54. The zero-order chi connectivity index (χ0) is 19.1. The Bertz CT molecular complexity index is 823. The molecule has 1 amide bonds. The fraction of sp³-hybridized carbons (Fsp3) is 0.556. The SMILES string of the molecule is CNCC1CCN(C(=O)c2ccc3c(c2)nc(C(F)(F)F)n3C(C)C)C1.Cl.Cl. The van der Waals surface area contributed by atoms with Gasteiger partial charge < -0.3 is 14.8 Å². The van der Waals surface area contributed by atoms with Gasteiger partial charge in [-0.15, -0.1) is 24.8 Å². The third kappa shape index (κ3) is 4.72. The van der Waals surface area contributed by atoms with E-state index in [-0.39, 0.29) is 42.3 Å². The van der Waals surface area contributed by atoms with Crippen LogP contribution in [0.5, 0.6) is 0 Å². The lowest BCUT2D eigenvalue weighted by Crippen LogP contribution is -2.30. The highest BCUT2D eigenvalue weighted by Gasteiger charge is 2.38. The molecule has 1 aromatic carbocycles. The first-order valence-electron chi connectivity index (χ1n) is 8.75. The van der Waals surface area contributed by atoms with Gasteiger partial charge in [0.2, 0.25) is 5.82 Å². The number of rotatable bonds is 4. The van der Waals surface area contributed by atoms with Crippen LogP contribution >= 0.6 is 24.8 Å². The summed E-state index contributed by atoms with van der Waals surface area (Å²) in [5.74, 6) is -0.676. The fourth-order valence-corrected chi connectivity index (χ4v) is 3.61. The van der Waals surface area contributed by atoms with Crippen LogP contribution in [0, 0.1) is 5.92 Å². The molecule has 1 unspecified atom stereocenters. The van der Waals surface area contributed by atoms with Crippen LogP contribution in [0.2, 0.25) is 0 Å². The van der Waals surface area contributed by atoms with Crippen molar-refractivity contribution in [3.8, 4) is 0 Å². The number of benzene rings is 1. The molecule has 0 spiro atoms. The van der Waals surface area contributed by atoms with E-state index in [0.29, 0.717) is 30.1 Å². The number of likely N-dealkylation sites (tertiary alicyclic amines) is 1. The minimum Gasteiger partial charge on any atom is -0.338 e. The Kier molecular flexibility index (Phi) is 8.17. The van der Waals surface area contributed by atoms with E-state index in [1.807, 2.05) is 7.05 Å². The molecule has 1 fully saturated rings. The lowest BCUT2D eigenvalue weighted by atomic mass is 10.1. The zero-order valence-electron chi connectivity index (χ0n) is 15.9. The summed E-state index contributed by atoms with van der Waals surface area (Å²) in [6.07, 6.45) is -3.61. The van der Waals surface area contributed by atoms with Crippen molar-refractivity contribution in [2.75, 3.05) is 26.7 Å². The molecule has 2 aromatic rings. The maximum absolute atomic E-state index is 13.3. The second-order valence-electron chi connectivity index (χ2n) is 7.06. The van der Waals surface area contributed by atoms with Crippen molar-refractivity contribution in [1.82, 2.24) is 19.8 Å². The Morgan fingerprint density at radius 2 is 2.00 bits per heavy atom. The zero-order valence-corrected chi connectivity index (χ0v) is 17.5. The Hall–Kier alpha value is -1.51. The molecule has 5 nitrogen and oxygen atoms in total. The highest BCUT2D eigenvalue weighted by Crippen LogP contribution is 2.34. The van der Waals surface area contributed by atoms with Crippen molar-refractivity contribution in [2.24, 2.45) is 5.92 Å². The normalized spacial score (nSPS) is 17.0. The lowest BCUT2D eigenvalue weighted by molar-refractivity contribution is -0.147. The number of hydrogen-bond donors (Lipinski definition) is 1. The first-order chi connectivity index (χ1) is 12.2. The van der Waals surface area contributed by atoms with Crippen molar-refractivity contribution in [2.45, 2.75) is 32.5 Å². The fourth-order valence-electron chi connectivity index (χ4n) is 3.61. The quantitative estimate of drug-likeness (QED) is 0.776. The van der Waals surface area contributed by atoms with Gasteiger partial charge >= 0.3 is 6.18 Å². The highest BCUT2D eigenvalue weighted by molar-refractivity contribution is 5.97. The Morgan fingerprint density at radius 1 is 1.32 bits per heavy atom. The van der Waals surface area contributed by atoms with E-state index in [4.69, 9.17) is 0 Å². The number of nitrogens with one attached hydrogen (secondary N) is 1. The van der Waals surface area contributed by atoms with Crippen molar-refractivity contribution < 1.29 is 18.0 Å². The van der Waals surface area contributed by atoms with E-state index < -0.39 is 12.0 Å². The first-order valence-corrected chi connectivity index (χ1v) is 8.75. The molecule has 0 aliphatic carbocycles. The predicted octanol–water partition coefficient (Wildman–Crippen LogP) is 4.16. The molecule has 0 radical (unpaired) electrons. The van der Waals surface area contributed by atoms with Gasteiger partial charge in [-0.2, -0.15) is 13.2 Å². The van der Waals surface area contributed by atoms with Crippen LogP contribution in [0.3, 0.4) is 0 Å². The summed E-state index contributed by atoms with van der Waals surface area (Å²) < 4.78 is 41.1. The number of fused-ring (bicyclic) bond motifs is 1. The summed E-state index contributed by atoms with van der Waals surface area (Å²) in [7, 11) is 1.88. The van der Waals surface area contributed by atoms with Gasteiger partial charge in [-0.1, -0.05) is 0 Å². The number of hydrogen-bond acceptors (Lipinski definition) is 3. The summed E-state index contributed by atoms with van der Waals surface area (Å²) in [4.78, 5) is 18.2. The van der Waals surface area contributed by atoms with Gasteiger partial charge in [-0.25, -0.2) is 4.98 Å². The maximum atomic E-state index is 13.3. The van der Waals surface area contributed by atoms with E-state index in [9.17, 15) is 18.0 Å². The average molecular weight is 441 g/mol. The predicted molar refractivity (Wildman–Crippen MR) is 108 cm³/mol. The van der Waals surface area contributed by atoms with Crippen LogP contribution in [0.15, 0.2) is 18.2 Å². The summed E-state index contributed by atoms with van der Waals surface area (Å²) in [5.41, 5.74) is 0.964. The minimum absolute atomic E-state index is 0. The molecule has 1 saturated heterocycles.